The number of ether oxygens (including phenoxy) is 3. The highest BCUT2D eigenvalue weighted by Crippen LogP contribution is 2.33. The van der Waals surface area contributed by atoms with E-state index in [1.54, 1.807) is 24.1 Å². The van der Waals surface area contributed by atoms with Crippen molar-refractivity contribution >= 4 is 17.5 Å². The van der Waals surface area contributed by atoms with Crippen LogP contribution in [0.5, 0.6) is 17.2 Å². The summed E-state index contributed by atoms with van der Waals surface area (Å²) in [5.74, 6) is 1.84. The normalized spacial score (nSPS) is 12.2. The summed E-state index contributed by atoms with van der Waals surface area (Å²) >= 11 is 0. The van der Waals surface area contributed by atoms with Gasteiger partial charge in [0.15, 0.2) is 11.5 Å². The number of methoxy groups -OCH3 is 1. The summed E-state index contributed by atoms with van der Waals surface area (Å²) in [5.41, 5.74) is 1.61. The molecule has 28 heavy (non-hydrogen) atoms. The molecule has 7 nitrogen and oxygen atoms in total. The van der Waals surface area contributed by atoms with E-state index < -0.39 is 0 Å². The Labute approximate surface area is 164 Å². The number of fused-ring (bicyclic) bond motifs is 1. The van der Waals surface area contributed by atoms with Gasteiger partial charge in [-0.05, 0) is 29.8 Å². The molecular formula is C21H24N2O5. The van der Waals surface area contributed by atoms with Crippen LogP contribution < -0.4 is 24.4 Å². The van der Waals surface area contributed by atoms with Gasteiger partial charge in [0.05, 0.1) is 13.5 Å². The largest absolute Gasteiger partial charge is 0.497 e. The topological polar surface area (TPSA) is 77.1 Å². The summed E-state index contributed by atoms with van der Waals surface area (Å²) in [4.78, 5) is 25.8. The molecule has 0 atom stereocenters. The monoisotopic (exact) mass is 384 g/mol. The van der Waals surface area contributed by atoms with Gasteiger partial charge in [-0.3, -0.25) is 9.59 Å². The van der Waals surface area contributed by atoms with E-state index in [9.17, 15) is 9.59 Å². The fourth-order valence-electron chi connectivity index (χ4n) is 2.97. The van der Waals surface area contributed by atoms with Gasteiger partial charge >= 0.3 is 0 Å². The maximum Gasteiger partial charge on any atom is 0.224 e. The van der Waals surface area contributed by atoms with Crippen LogP contribution in [0.15, 0.2) is 42.5 Å². The molecule has 2 aromatic rings. The van der Waals surface area contributed by atoms with Crippen LogP contribution >= 0.6 is 0 Å². The fraction of sp³-hybridized carbons (Fsp3) is 0.333. The number of nitrogens with zero attached hydrogens (tertiary/aromatic N) is 1. The van der Waals surface area contributed by atoms with Crippen molar-refractivity contribution in [2.75, 3.05) is 38.3 Å². The standard InChI is InChI=1S/C21H24N2O5/c1-15(24)23(17-5-8-19-20(14-17)28-12-11-27-19)10-9-22-21(25)13-16-3-6-18(26-2)7-4-16/h3-8,14H,9-13H2,1-2H3,(H,22,25). The molecule has 1 aliphatic rings. The maximum absolute atomic E-state index is 12.2. The van der Waals surface area contributed by atoms with Crippen molar-refractivity contribution < 1.29 is 23.8 Å². The van der Waals surface area contributed by atoms with Gasteiger partial charge in [0.25, 0.3) is 0 Å². The zero-order valence-corrected chi connectivity index (χ0v) is 16.1. The summed E-state index contributed by atoms with van der Waals surface area (Å²) in [6.45, 7) is 3.21. The molecule has 1 aliphatic heterocycles. The van der Waals surface area contributed by atoms with E-state index in [1.165, 1.54) is 6.92 Å². The minimum atomic E-state index is -0.110. The number of anilines is 1. The molecule has 0 unspecified atom stereocenters. The lowest BCUT2D eigenvalue weighted by Gasteiger charge is -2.24. The van der Waals surface area contributed by atoms with Crippen molar-refractivity contribution in [1.82, 2.24) is 5.32 Å². The lowest BCUT2D eigenvalue weighted by molar-refractivity contribution is -0.121. The molecule has 0 spiro atoms. The SMILES string of the molecule is COc1ccc(CC(=O)NCCN(C(C)=O)c2ccc3c(c2)OCCO3)cc1. The smallest absolute Gasteiger partial charge is 0.224 e. The third-order valence-electron chi connectivity index (χ3n) is 4.40. The van der Waals surface area contributed by atoms with Gasteiger partial charge in [-0.1, -0.05) is 12.1 Å². The lowest BCUT2D eigenvalue weighted by Crippen LogP contribution is -2.38. The van der Waals surface area contributed by atoms with Gasteiger partial charge < -0.3 is 24.4 Å². The molecule has 0 bridgehead atoms. The van der Waals surface area contributed by atoms with E-state index in [1.807, 2.05) is 30.3 Å². The Bertz CT molecular complexity index is 835. The average Bonchev–Trinajstić information content (AvgIpc) is 2.71. The number of rotatable bonds is 7. The van der Waals surface area contributed by atoms with Crippen molar-refractivity contribution in [3.05, 3.63) is 48.0 Å². The lowest BCUT2D eigenvalue weighted by atomic mass is 10.1. The molecule has 0 fully saturated rings. The molecular weight excluding hydrogens is 360 g/mol. The van der Waals surface area contributed by atoms with Crippen molar-refractivity contribution in [2.45, 2.75) is 13.3 Å². The Kier molecular flexibility index (Phi) is 6.37. The van der Waals surface area contributed by atoms with Gasteiger partial charge in [-0.15, -0.1) is 0 Å². The number of carbonyl (C=O) groups excluding carboxylic acids is 2. The van der Waals surface area contributed by atoms with Gasteiger partial charge in [-0.25, -0.2) is 0 Å². The van der Waals surface area contributed by atoms with Gasteiger partial charge in [0, 0.05) is 31.8 Å². The van der Waals surface area contributed by atoms with Crippen molar-refractivity contribution in [1.29, 1.82) is 0 Å². The number of nitrogens with one attached hydrogen (secondary N) is 1. The minimum Gasteiger partial charge on any atom is -0.497 e. The third-order valence-corrected chi connectivity index (χ3v) is 4.40. The first-order valence-electron chi connectivity index (χ1n) is 9.14. The molecule has 3 rings (SSSR count). The van der Waals surface area contributed by atoms with Crippen LogP contribution in [0, 0.1) is 0 Å². The minimum absolute atomic E-state index is 0.101. The van der Waals surface area contributed by atoms with E-state index >= 15 is 0 Å². The molecule has 1 N–H and O–H groups in total. The van der Waals surface area contributed by atoms with E-state index in [0.717, 1.165) is 11.3 Å². The Hall–Kier alpha value is -3.22. The predicted molar refractivity (Wildman–Crippen MR) is 105 cm³/mol. The van der Waals surface area contributed by atoms with E-state index in [0.29, 0.717) is 43.5 Å². The van der Waals surface area contributed by atoms with Crippen LogP contribution in [0.4, 0.5) is 5.69 Å². The molecule has 0 radical (unpaired) electrons. The second kappa shape index (κ2) is 9.12. The molecule has 0 aliphatic carbocycles. The molecule has 7 heteroatoms. The van der Waals surface area contributed by atoms with Crippen LogP contribution in [0.1, 0.15) is 12.5 Å². The highest BCUT2D eigenvalue weighted by atomic mass is 16.6. The quantitative estimate of drug-likeness (QED) is 0.792. The molecule has 1 heterocycles. The summed E-state index contributed by atoms with van der Waals surface area (Å²) < 4.78 is 16.2. The van der Waals surface area contributed by atoms with Crippen LogP contribution in [-0.2, 0) is 16.0 Å². The second-order valence-electron chi connectivity index (χ2n) is 6.37. The Morgan fingerprint density at radius 1 is 1.07 bits per heavy atom. The molecule has 0 saturated carbocycles. The third kappa shape index (κ3) is 4.94. The Balaban J connectivity index is 1.54. The zero-order valence-electron chi connectivity index (χ0n) is 16.1. The highest BCUT2D eigenvalue weighted by molar-refractivity contribution is 5.92. The first kappa shape index (κ1) is 19.5. The zero-order chi connectivity index (χ0) is 19.9. The number of benzene rings is 2. The average molecular weight is 384 g/mol. The van der Waals surface area contributed by atoms with Gasteiger partial charge in [0.2, 0.25) is 11.8 Å². The maximum atomic E-state index is 12.2. The molecule has 0 aromatic heterocycles. The van der Waals surface area contributed by atoms with Crippen LogP contribution in [0.3, 0.4) is 0 Å². The molecule has 2 amide bonds. The summed E-state index contributed by atoms with van der Waals surface area (Å²) in [7, 11) is 1.60. The predicted octanol–water partition coefficient (Wildman–Crippen LogP) is 2.18. The fourth-order valence-corrected chi connectivity index (χ4v) is 2.97. The van der Waals surface area contributed by atoms with Crippen molar-refractivity contribution in [3.8, 4) is 17.2 Å². The molecule has 148 valence electrons. The van der Waals surface area contributed by atoms with Crippen LogP contribution in [-0.4, -0.2) is 45.2 Å². The van der Waals surface area contributed by atoms with Crippen molar-refractivity contribution in [2.24, 2.45) is 0 Å². The number of hydrogen-bond donors (Lipinski definition) is 1. The van der Waals surface area contributed by atoms with Crippen LogP contribution in [0.2, 0.25) is 0 Å². The van der Waals surface area contributed by atoms with E-state index in [2.05, 4.69) is 5.32 Å². The summed E-state index contributed by atoms with van der Waals surface area (Å²) in [6, 6.07) is 12.8. The van der Waals surface area contributed by atoms with Gasteiger partial charge in [-0.2, -0.15) is 0 Å². The van der Waals surface area contributed by atoms with E-state index in [-0.39, 0.29) is 18.2 Å². The van der Waals surface area contributed by atoms with Crippen LogP contribution in [0.25, 0.3) is 0 Å². The summed E-state index contributed by atoms with van der Waals surface area (Å²) in [5, 5.41) is 2.86. The number of carbonyl (C=O) groups is 2. The first-order chi connectivity index (χ1) is 13.6. The first-order valence-corrected chi connectivity index (χ1v) is 9.14. The Morgan fingerprint density at radius 3 is 2.46 bits per heavy atom. The Morgan fingerprint density at radius 2 is 1.79 bits per heavy atom. The molecule has 0 saturated heterocycles. The summed E-state index contributed by atoms with van der Waals surface area (Å²) in [6.07, 6.45) is 0.272. The number of hydrogen-bond acceptors (Lipinski definition) is 5. The van der Waals surface area contributed by atoms with Crippen molar-refractivity contribution in [3.63, 3.8) is 0 Å². The number of amides is 2. The highest BCUT2D eigenvalue weighted by Gasteiger charge is 2.17. The van der Waals surface area contributed by atoms with Gasteiger partial charge in [0.1, 0.15) is 19.0 Å². The molecule has 2 aromatic carbocycles. The second-order valence-corrected chi connectivity index (χ2v) is 6.37. The van der Waals surface area contributed by atoms with E-state index in [4.69, 9.17) is 14.2 Å².